The summed E-state index contributed by atoms with van der Waals surface area (Å²) in [6, 6.07) is 18.4. The van der Waals surface area contributed by atoms with E-state index in [1.807, 2.05) is 30.3 Å². The summed E-state index contributed by atoms with van der Waals surface area (Å²) in [6.45, 7) is 2.16. The summed E-state index contributed by atoms with van der Waals surface area (Å²) in [4.78, 5) is 28.4. The zero-order valence-corrected chi connectivity index (χ0v) is 16.5. The van der Waals surface area contributed by atoms with Gasteiger partial charge in [-0.3, -0.25) is 9.78 Å². The van der Waals surface area contributed by atoms with Crippen LogP contribution >= 0.6 is 0 Å². The molecule has 154 valence electrons. The van der Waals surface area contributed by atoms with Crippen LogP contribution in [0.4, 0.5) is 9.18 Å². The summed E-state index contributed by atoms with van der Waals surface area (Å²) >= 11 is 0. The Kier molecular flexibility index (Phi) is 7.10. The molecule has 1 atom stereocenters. The molecule has 0 aliphatic rings. The lowest BCUT2D eigenvalue weighted by Crippen LogP contribution is -2.42. The number of aromatic nitrogens is 1. The third-order valence-electron chi connectivity index (χ3n) is 4.29. The van der Waals surface area contributed by atoms with Crippen LogP contribution in [0.25, 0.3) is 11.3 Å². The zero-order valence-electron chi connectivity index (χ0n) is 16.5. The van der Waals surface area contributed by atoms with E-state index in [-0.39, 0.29) is 30.9 Å². The standard InChI is InChI=1S/C23H22FN3O3/c1-16(27-23(29)30-15-17-6-3-2-4-7-17)13-26-22(28)19-10-11-21(25-14-19)18-8-5-9-20(24)12-18/h2-12,14,16H,13,15H2,1H3,(H,26,28)(H,27,29)/t16-/m1/s1. The Bertz CT molecular complexity index is 994. The lowest BCUT2D eigenvalue weighted by molar-refractivity contribution is 0.0946. The van der Waals surface area contributed by atoms with Crippen molar-refractivity contribution in [3.05, 3.63) is 89.9 Å². The fraction of sp³-hybridized carbons (Fsp3) is 0.174. The molecule has 1 heterocycles. The summed E-state index contributed by atoms with van der Waals surface area (Å²) in [7, 11) is 0. The maximum absolute atomic E-state index is 13.3. The fourth-order valence-corrected chi connectivity index (χ4v) is 2.71. The highest BCUT2D eigenvalue weighted by molar-refractivity contribution is 5.94. The van der Waals surface area contributed by atoms with Crippen LogP contribution in [0.3, 0.4) is 0 Å². The van der Waals surface area contributed by atoms with Gasteiger partial charge in [0.15, 0.2) is 0 Å². The average Bonchev–Trinajstić information content (AvgIpc) is 2.77. The molecule has 0 saturated heterocycles. The number of alkyl carbamates (subject to hydrolysis) is 1. The van der Waals surface area contributed by atoms with E-state index in [0.717, 1.165) is 5.56 Å². The molecular weight excluding hydrogens is 385 g/mol. The molecule has 2 N–H and O–H groups in total. The van der Waals surface area contributed by atoms with Crippen LogP contribution in [0, 0.1) is 5.82 Å². The molecule has 0 spiro atoms. The second-order valence-electron chi connectivity index (χ2n) is 6.76. The third-order valence-corrected chi connectivity index (χ3v) is 4.29. The number of amides is 2. The topological polar surface area (TPSA) is 80.3 Å². The summed E-state index contributed by atoms with van der Waals surface area (Å²) in [5.41, 5.74) is 2.47. The maximum atomic E-state index is 13.3. The van der Waals surface area contributed by atoms with Gasteiger partial charge in [0.1, 0.15) is 12.4 Å². The van der Waals surface area contributed by atoms with Crippen molar-refractivity contribution in [3.63, 3.8) is 0 Å². The minimum Gasteiger partial charge on any atom is -0.445 e. The van der Waals surface area contributed by atoms with E-state index in [2.05, 4.69) is 15.6 Å². The molecule has 3 aromatic rings. The predicted octanol–water partition coefficient (Wildman–Crippen LogP) is 3.93. The minimum absolute atomic E-state index is 0.176. The normalized spacial score (nSPS) is 11.4. The largest absolute Gasteiger partial charge is 0.445 e. The molecule has 0 aliphatic heterocycles. The van der Waals surface area contributed by atoms with E-state index < -0.39 is 6.09 Å². The number of halogens is 1. The predicted molar refractivity (Wildman–Crippen MR) is 111 cm³/mol. The number of benzene rings is 2. The van der Waals surface area contributed by atoms with E-state index in [1.165, 1.54) is 18.3 Å². The molecule has 1 aromatic heterocycles. The van der Waals surface area contributed by atoms with Gasteiger partial charge in [-0.15, -0.1) is 0 Å². The van der Waals surface area contributed by atoms with Gasteiger partial charge < -0.3 is 15.4 Å². The van der Waals surface area contributed by atoms with Crippen LogP contribution in [0.5, 0.6) is 0 Å². The van der Waals surface area contributed by atoms with Crippen molar-refractivity contribution in [1.82, 2.24) is 15.6 Å². The van der Waals surface area contributed by atoms with E-state index in [0.29, 0.717) is 16.8 Å². The number of hydrogen-bond donors (Lipinski definition) is 2. The first-order valence-electron chi connectivity index (χ1n) is 9.48. The van der Waals surface area contributed by atoms with Crippen LogP contribution < -0.4 is 10.6 Å². The zero-order chi connectivity index (χ0) is 21.3. The second-order valence-corrected chi connectivity index (χ2v) is 6.76. The Morgan fingerprint density at radius 3 is 2.57 bits per heavy atom. The second kappa shape index (κ2) is 10.2. The number of ether oxygens (including phenoxy) is 1. The van der Waals surface area contributed by atoms with Crippen molar-refractivity contribution in [2.45, 2.75) is 19.6 Å². The molecule has 7 heteroatoms. The highest BCUT2D eigenvalue weighted by atomic mass is 19.1. The quantitative estimate of drug-likeness (QED) is 0.622. The Morgan fingerprint density at radius 1 is 1.07 bits per heavy atom. The SMILES string of the molecule is C[C@H](CNC(=O)c1ccc(-c2cccc(F)c2)nc1)NC(=O)OCc1ccccc1. The van der Waals surface area contributed by atoms with Gasteiger partial charge in [0.05, 0.1) is 11.3 Å². The maximum Gasteiger partial charge on any atom is 0.407 e. The molecule has 6 nitrogen and oxygen atoms in total. The van der Waals surface area contributed by atoms with Crippen LogP contribution in [-0.4, -0.2) is 29.6 Å². The smallest absolute Gasteiger partial charge is 0.407 e. The lowest BCUT2D eigenvalue weighted by Gasteiger charge is -2.15. The van der Waals surface area contributed by atoms with Crippen molar-refractivity contribution in [1.29, 1.82) is 0 Å². The van der Waals surface area contributed by atoms with Crippen LogP contribution in [0.15, 0.2) is 72.9 Å². The average molecular weight is 407 g/mol. The van der Waals surface area contributed by atoms with Crippen molar-refractivity contribution in [2.24, 2.45) is 0 Å². The van der Waals surface area contributed by atoms with E-state index in [1.54, 1.807) is 31.2 Å². The molecular formula is C23H22FN3O3. The summed E-state index contributed by atoms with van der Waals surface area (Å²) in [5, 5.41) is 5.40. The fourth-order valence-electron chi connectivity index (χ4n) is 2.71. The van der Waals surface area contributed by atoms with Gasteiger partial charge in [-0.25, -0.2) is 9.18 Å². The molecule has 0 saturated carbocycles. The first-order valence-corrected chi connectivity index (χ1v) is 9.48. The number of nitrogens with zero attached hydrogens (tertiary/aromatic N) is 1. The van der Waals surface area contributed by atoms with Gasteiger partial charge in [0.2, 0.25) is 0 Å². The van der Waals surface area contributed by atoms with Gasteiger partial charge in [0, 0.05) is 24.3 Å². The van der Waals surface area contributed by atoms with Gasteiger partial charge >= 0.3 is 6.09 Å². The van der Waals surface area contributed by atoms with E-state index in [9.17, 15) is 14.0 Å². The number of pyridine rings is 1. The first kappa shape index (κ1) is 21.0. The highest BCUT2D eigenvalue weighted by Crippen LogP contribution is 2.17. The Morgan fingerprint density at radius 2 is 1.87 bits per heavy atom. The lowest BCUT2D eigenvalue weighted by atomic mass is 10.1. The number of carbonyl (C=O) groups is 2. The van der Waals surface area contributed by atoms with E-state index >= 15 is 0 Å². The summed E-state index contributed by atoms with van der Waals surface area (Å²) in [6.07, 6.45) is 0.878. The highest BCUT2D eigenvalue weighted by Gasteiger charge is 2.12. The van der Waals surface area contributed by atoms with Crippen molar-refractivity contribution >= 4 is 12.0 Å². The van der Waals surface area contributed by atoms with E-state index in [4.69, 9.17) is 4.74 Å². The summed E-state index contributed by atoms with van der Waals surface area (Å²) in [5.74, 6) is -0.667. The molecule has 30 heavy (non-hydrogen) atoms. The van der Waals surface area contributed by atoms with Crippen molar-refractivity contribution in [2.75, 3.05) is 6.54 Å². The number of rotatable bonds is 7. The summed E-state index contributed by atoms with van der Waals surface area (Å²) < 4.78 is 18.5. The van der Waals surface area contributed by atoms with Gasteiger partial charge in [-0.1, -0.05) is 42.5 Å². The van der Waals surface area contributed by atoms with Crippen LogP contribution in [-0.2, 0) is 11.3 Å². The van der Waals surface area contributed by atoms with Gasteiger partial charge in [-0.05, 0) is 36.8 Å². The number of nitrogens with one attached hydrogen (secondary N) is 2. The van der Waals surface area contributed by atoms with Crippen molar-refractivity contribution < 1.29 is 18.7 Å². The Balaban J connectivity index is 1.44. The van der Waals surface area contributed by atoms with Crippen LogP contribution in [0.2, 0.25) is 0 Å². The monoisotopic (exact) mass is 407 g/mol. The molecule has 0 aliphatic carbocycles. The first-order chi connectivity index (χ1) is 14.5. The number of hydrogen-bond acceptors (Lipinski definition) is 4. The van der Waals surface area contributed by atoms with Crippen LogP contribution in [0.1, 0.15) is 22.8 Å². The Hall–Kier alpha value is -3.74. The molecule has 0 radical (unpaired) electrons. The molecule has 0 bridgehead atoms. The molecule has 3 rings (SSSR count). The van der Waals surface area contributed by atoms with Gasteiger partial charge in [-0.2, -0.15) is 0 Å². The minimum atomic E-state index is -0.554. The van der Waals surface area contributed by atoms with Crippen molar-refractivity contribution in [3.8, 4) is 11.3 Å². The molecule has 2 amide bonds. The van der Waals surface area contributed by atoms with Gasteiger partial charge in [0.25, 0.3) is 5.91 Å². The Labute approximate surface area is 174 Å². The molecule has 2 aromatic carbocycles. The number of carbonyl (C=O) groups excluding carboxylic acids is 2. The third kappa shape index (κ3) is 6.13. The molecule has 0 fully saturated rings. The molecule has 0 unspecified atom stereocenters.